The molecule has 0 saturated carbocycles. The van der Waals surface area contributed by atoms with Crippen molar-refractivity contribution in [2.24, 2.45) is 7.05 Å². The van der Waals surface area contributed by atoms with Crippen molar-refractivity contribution in [3.05, 3.63) is 41.7 Å². The minimum absolute atomic E-state index is 0. The van der Waals surface area contributed by atoms with Gasteiger partial charge in [0.1, 0.15) is 0 Å². The van der Waals surface area contributed by atoms with Crippen molar-refractivity contribution in [2.75, 3.05) is 0 Å². The fourth-order valence-electron chi connectivity index (χ4n) is 1.66. The average Bonchev–Trinajstić information content (AvgIpc) is 2.58. The molecule has 0 atom stereocenters. The van der Waals surface area contributed by atoms with Crippen LogP contribution in [0.15, 0.2) is 30.5 Å². The Morgan fingerprint density at radius 3 is 2.31 bits per heavy atom. The number of halogens is 2. The van der Waals surface area contributed by atoms with E-state index < -0.39 is 0 Å². The Bertz CT molecular complexity index is 460. The van der Waals surface area contributed by atoms with Crippen LogP contribution in [0.3, 0.4) is 0 Å². The molecule has 0 unspecified atom stereocenters. The fraction of sp³-hybridized carbons (Fsp3) is 0.250. The minimum atomic E-state index is 0. The number of hydrogen-bond donors (Lipinski definition) is 0. The molecule has 0 N–H and O–H groups in total. The van der Waals surface area contributed by atoms with Gasteiger partial charge in [-0.25, -0.2) is 0 Å². The van der Waals surface area contributed by atoms with Gasteiger partial charge in [-0.1, -0.05) is 24.3 Å². The molecule has 2 aromatic rings. The van der Waals surface area contributed by atoms with E-state index >= 15 is 0 Å². The molecular weight excluding hydrogens is 243 g/mol. The van der Waals surface area contributed by atoms with E-state index in [4.69, 9.17) is 11.6 Å². The highest BCUT2D eigenvalue weighted by Gasteiger charge is 2.05. The zero-order valence-corrected chi connectivity index (χ0v) is 10.8. The molecule has 0 aliphatic heterocycles. The highest BCUT2D eigenvalue weighted by molar-refractivity contribution is 6.17. The molecular formula is C12H14Cl2N2. The van der Waals surface area contributed by atoms with Gasteiger partial charge in [-0.2, -0.15) is 5.10 Å². The Labute approximate surface area is 107 Å². The van der Waals surface area contributed by atoms with Gasteiger partial charge in [-0.15, -0.1) is 24.0 Å². The van der Waals surface area contributed by atoms with E-state index in [1.807, 2.05) is 24.9 Å². The number of benzene rings is 1. The van der Waals surface area contributed by atoms with Crippen LogP contribution in [0.25, 0.3) is 11.1 Å². The van der Waals surface area contributed by atoms with E-state index in [-0.39, 0.29) is 12.4 Å². The van der Waals surface area contributed by atoms with Crippen molar-refractivity contribution in [1.82, 2.24) is 9.78 Å². The Kier molecular flexibility index (Phi) is 4.39. The van der Waals surface area contributed by atoms with Crippen molar-refractivity contribution in [3.8, 4) is 11.1 Å². The first-order chi connectivity index (χ1) is 7.20. The second-order valence-electron chi connectivity index (χ2n) is 3.63. The summed E-state index contributed by atoms with van der Waals surface area (Å²) in [5.74, 6) is 0.562. The zero-order valence-electron chi connectivity index (χ0n) is 9.27. The molecule has 0 bridgehead atoms. The van der Waals surface area contributed by atoms with Crippen LogP contribution in [0.1, 0.15) is 11.3 Å². The van der Waals surface area contributed by atoms with Crippen LogP contribution >= 0.6 is 24.0 Å². The van der Waals surface area contributed by atoms with Crippen LogP contribution in [0, 0.1) is 6.92 Å². The standard InChI is InChI=1S/C12H13ClN2.ClH/c1-9-12(8-15(2)14-9)11-5-3-10(7-13)4-6-11;/h3-6,8H,7H2,1-2H3;1H. The lowest BCUT2D eigenvalue weighted by atomic mass is 10.1. The van der Waals surface area contributed by atoms with Gasteiger partial charge in [0.15, 0.2) is 0 Å². The maximum absolute atomic E-state index is 5.74. The summed E-state index contributed by atoms with van der Waals surface area (Å²) in [6.07, 6.45) is 2.03. The normalized spacial score (nSPS) is 9.94. The summed E-state index contributed by atoms with van der Waals surface area (Å²) < 4.78 is 1.83. The van der Waals surface area contributed by atoms with Crippen LogP contribution in [0.5, 0.6) is 0 Å². The van der Waals surface area contributed by atoms with Crippen molar-refractivity contribution < 1.29 is 0 Å². The third kappa shape index (κ3) is 2.57. The van der Waals surface area contributed by atoms with Gasteiger partial charge in [-0.3, -0.25) is 4.68 Å². The molecule has 0 aliphatic carbocycles. The Balaban J connectivity index is 0.00000128. The van der Waals surface area contributed by atoms with Crippen molar-refractivity contribution in [1.29, 1.82) is 0 Å². The fourth-order valence-corrected chi connectivity index (χ4v) is 1.83. The molecule has 4 heteroatoms. The van der Waals surface area contributed by atoms with Gasteiger partial charge in [0.2, 0.25) is 0 Å². The maximum Gasteiger partial charge on any atom is 0.0671 e. The minimum Gasteiger partial charge on any atom is -0.275 e. The molecule has 1 aromatic carbocycles. The lowest BCUT2D eigenvalue weighted by Gasteiger charge is -2.00. The van der Waals surface area contributed by atoms with Gasteiger partial charge in [-0.05, 0) is 18.1 Å². The van der Waals surface area contributed by atoms with Gasteiger partial charge in [0.25, 0.3) is 0 Å². The van der Waals surface area contributed by atoms with Crippen LogP contribution in [0.2, 0.25) is 0 Å². The number of aromatic nitrogens is 2. The first kappa shape index (κ1) is 13.1. The smallest absolute Gasteiger partial charge is 0.0671 e. The Morgan fingerprint density at radius 2 is 1.88 bits per heavy atom. The molecule has 1 aromatic heterocycles. The number of rotatable bonds is 2. The molecule has 0 amide bonds. The molecule has 0 aliphatic rings. The third-order valence-corrected chi connectivity index (χ3v) is 2.74. The van der Waals surface area contributed by atoms with Gasteiger partial charge >= 0.3 is 0 Å². The summed E-state index contributed by atoms with van der Waals surface area (Å²) in [7, 11) is 1.93. The zero-order chi connectivity index (χ0) is 10.8. The monoisotopic (exact) mass is 256 g/mol. The highest BCUT2D eigenvalue weighted by Crippen LogP contribution is 2.22. The van der Waals surface area contributed by atoms with Crippen LogP contribution in [-0.4, -0.2) is 9.78 Å². The Morgan fingerprint density at radius 1 is 1.25 bits per heavy atom. The van der Waals surface area contributed by atoms with Crippen LogP contribution < -0.4 is 0 Å². The van der Waals surface area contributed by atoms with Crippen molar-refractivity contribution >= 4 is 24.0 Å². The molecule has 2 nitrogen and oxygen atoms in total. The Hall–Kier alpha value is -0.990. The molecule has 16 heavy (non-hydrogen) atoms. The second-order valence-corrected chi connectivity index (χ2v) is 3.90. The molecule has 0 saturated heterocycles. The summed E-state index contributed by atoms with van der Waals surface area (Å²) in [5.41, 5.74) is 4.56. The molecule has 0 radical (unpaired) electrons. The number of nitrogens with zero attached hydrogens (tertiary/aromatic N) is 2. The summed E-state index contributed by atoms with van der Waals surface area (Å²) >= 11 is 5.74. The van der Waals surface area contributed by atoms with E-state index in [1.54, 1.807) is 0 Å². The van der Waals surface area contributed by atoms with Crippen molar-refractivity contribution in [2.45, 2.75) is 12.8 Å². The SMILES string of the molecule is Cc1nn(C)cc1-c1ccc(CCl)cc1.Cl. The van der Waals surface area contributed by atoms with Gasteiger partial charge in [0.05, 0.1) is 5.69 Å². The predicted octanol–water partition coefficient (Wildman–Crippen LogP) is 3.56. The predicted molar refractivity (Wildman–Crippen MR) is 70.2 cm³/mol. The molecule has 86 valence electrons. The summed E-state index contributed by atoms with van der Waals surface area (Å²) in [4.78, 5) is 0. The van der Waals surface area contributed by atoms with E-state index in [0.29, 0.717) is 5.88 Å². The van der Waals surface area contributed by atoms with E-state index in [2.05, 4.69) is 29.4 Å². The summed E-state index contributed by atoms with van der Waals surface area (Å²) in [5, 5.41) is 4.32. The van der Waals surface area contributed by atoms with E-state index in [1.165, 1.54) is 11.1 Å². The molecule has 0 fully saturated rings. The maximum atomic E-state index is 5.74. The quantitative estimate of drug-likeness (QED) is 0.752. The second kappa shape index (κ2) is 5.37. The lowest BCUT2D eigenvalue weighted by Crippen LogP contribution is -1.86. The average molecular weight is 257 g/mol. The first-order valence-electron chi connectivity index (χ1n) is 4.86. The molecule has 1 heterocycles. The number of aryl methyl sites for hydroxylation is 2. The molecule has 0 spiro atoms. The van der Waals surface area contributed by atoms with E-state index in [0.717, 1.165) is 11.3 Å². The van der Waals surface area contributed by atoms with Crippen LogP contribution in [0.4, 0.5) is 0 Å². The summed E-state index contributed by atoms with van der Waals surface area (Å²) in [6, 6.07) is 8.27. The summed E-state index contributed by atoms with van der Waals surface area (Å²) in [6.45, 7) is 2.02. The largest absolute Gasteiger partial charge is 0.275 e. The van der Waals surface area contributed by atoms with E-state index in [9.17, 15) is 0 Å². The van der Waals surface area contributed by atoms with Gasteiger partial charge < -0.3 is 0 Å². The molecule has 2 rings (SSSR count). The van der Waals surface area contributed by atoms with Crippen molar-refractivity contribution in [3.63, 3.8) is 0 Å². The lowest BCUT2D eigenvalue weighted by molar-refractivity contribution is 0.756. The number of alkyl halides is 1. The van der Waals surface area contributed by atoms with Crippen LogP contribution in [-0.2, 0) is 12.9 Å². The topological polar surface area (TPSA) is 17.8 Å². The van der Waals surface area contributed by atoms with Gasteiger partial charge in [0, 0.05) is 24.7 Å². The third-order valence-electron chi connectivity index (χ3n) is 2.43. The number of hydrogen-bond acceptors (Lipinski definition) is 1. The first-order valence-corrected chi connectivity index (χ1v) is 5.39. The highest BCUT2D eigenvalue weighted by atomic mass is 35.5.